The summed E-state index contributed by atoms with van der Waals surface area (Å²) in [6.07, 6.45) is 0. The van der Waals surface area contributed by atoms with E-state index >= 15 is 0 Å². The molecule has 0 saturated heterocycles. The molecule has 0 bridgehead atoms. The predicted molar refractivity (Wildman–Crippen MR) is 209 cm³/mol. The molecule has 3 heteroatoms. The van der Waals surface area contributed by atoms with E-state index in [2.05, 4.69) is 183 Å². The molecule has 2 heterocycles. The van der Waals surface area contributed by atoms with Gasteiger partial charge in [-0.2, -0.15) is 0 Å². The number of nitrogens with zero attached hydrogens (tertiary/aromatic N) is 2. The molecule has 0 amide bonds. The molecule has 7 aromatic carbocycles. The molecule has 0 spiro atoms. The van der Waals surface area contributed by atoms with Crippen molar-refractivity contribution in [1.82, 2.24) is 9.97 Å². The third-order valence-electron chi connectivity index (χ3n) is 10.0. The van der Waals surface area contributed by atoms with Crippen molar-refractivity contribution >= 4 is 29.2 Å². The zero-order valence-corrected chi connectivity index (χ0v) is 28.6. The minimum atomic E-state index is -2.07. The predicted octanol–water partition coefficient (Wildman–Crippen LogP) is 10.8. The first kappa shape index (κ1) is 29.3. The summed E-state index contributed by atoms with van der Waals surface area (Å²) in [4.78, 5) is 10.8. The molecule has 9 rings (SSSR count). The van der Waals surface area contributed by atoms with Crippen molar-refractivity contribution in [2.75, 3.05) is 0 Å². The largest absolute Gasteiger partial charge is 0.228 e. The first-order valence-corrected chi connectivity index (χ1v) is 19.9. The van der Waals surface area contributed by atoms with E-state index in [1.165, 1.54) is 54.5 Å². The van der Waals surface area contributed by atoms with Crippen molar-refractivity contribution in [3.63, 3.8) is 0 Å². The van der Waals surface area contributed by atoms with Crippen molar-refractivity contribution < 1.29 is 0 Å². The van der Waals surface area contributed by atoms with Gasteiger partial charge < -0.3 is 0 Å². The molecule has 0 saturated carbocycles. The second kappa shape index (κ2) is 11.7. The number of hydrogen-bond donors (Lipinski definition) is 0. The van der Waals surface area contributed by atoms with Crippen molar-refractivity contribution in [3.8, 4) is 67.3 Å². The van der Waals surface area contributed by atoms with E-state index in [0.29, 0.717) is 0 Å². The Morgan fingerprint density at radius 3 is 1.63 bits per heavy atom. The first-order valence-electron chi connectivity index (χ1n) is 16.9. The fourth-order valence-corrected chi connectivity index (χ4v) is 10.7. The van der Waals surface area contributed by atoms with Gasteiger partial charge in [0.2, 0.25) is 0 Å². The summed E-state index contributed by atoms with van der Waals surface area (Å²) < 4.78 is 0. The molecular weight excluding hydrogens is 609 g/mol. The second-order valence-electron chi connectivity index (χ2n) is 13.5. The Kier molecular flexibility index (Phi) is 6.96. The van der Waals surface area contributed by atoms with Crippen molar-refractivity contribution in [1.29, 1.82) is 0 Å². The van der Waals surface area contributed by atoms with Gasteiger partial charge in [-0.05, 0) is 84.4 Å². The van der Waals surface area contributed by atoms with E-state index in [9.17, 15) is 0 Å². The van der Waals surface area contributed by atoms with Crippen molar-refractivity contribution in [3.05, 3.63) is 170 Å². The molecule has 0 N–H and O–H groups in total. The van der Waals surface area contributed by atoms with E-state index in [4.69, 9.17) is 9.97 Å². The Labute approximate surface area is 288 Å². The molecule has 0 atom stereocenters. The van der Waals surface area contributed by atoms with E-state index in [1.54, 1.807) is 0 Å². The van der Waals surface area contributed by atoms with Gasteiger partial charge in [0.15, 0.2) is 5.82 Å². The SMILES string of the molecule is C[Si]1(C)c2ccccc2-c2nc(-c3cccc(-c4cccc(-c5ccc6ccccc6c5)c4)c3)nc(-c3cccc(-c4ccccc4)c3)c21. The fourth-order valence-electron chi connectivity index (χ4n) is 7.52. The second-order valence-corrected chi connectivity index (χ2v) is 17.7. The fraction of sp³-hybridized carbons (Fsp3) is 0.0435. The highest BCUT2D eigenvalue weighted by atomic mass is 28.3. The number of hydrogen-bond acceptors (Lipinski definition) is 2. The van der Waals surface area contributed by atoms with Crippen molar-refractivity contribution in [2.24, 2.45) is 0 Å². The van der Waals surface area contributed by atoms with Crippen LogP contribution < -0.4 is 10.4 Å². The van der Waals surface area contributed by atoms with Crippen LogP contribution in [0.15, 0.2) is 170 Å². The first-order chi connectivity index (χ1) is 24.0. The zero-order chi connectivity index (χ0) is 33.0. The molecule has 1 aliphatic heterocycles. The maximum Gasteiger partial charge on any atom is 0.160 e. The topological polar surface area (TPSA) is 25.8 Å². The van der Waals surface area contributed by atoms with E-state index in [1.807, 2.05) is 0 Å². The molecule has 1 aliphatic rings. The van der Waals surface area contributed by atoms with Gasteiger partial charge in [0.25, 0.3) is 0 Å². The lowest BCUT2D eigenvalue weighted by molar-refractivity contribution is 1.20. The highest BCUT2D eigenvalue weighted by Crippen LogP contribution is 2.36. The quantitative estimate of drug-likeness (QED) is 0.175. The summed E-state index contributed by atoms with van der Waals surface area (Å²) in [5, 5.41) is 5.25. The van der Waals surface area contributed by atoms with Crippen LogP contribution in [0.5, 0.6) is 0 Å². The zero-order valence-electron chi connectivity index (χ0n) is 27.6. The van der Waals surface area contributed by atoms with Gasteiger partial charge in [0, 0.05) is 11.1 Å². The smallest absolute Gasteiger partial charge is 0.160 e. The van der Waals surface area contributed by atoms with Gasteiger partial charge in [0.05, 0.1) is 11.4 Å². The standard InChI is InChI=1S/C46H34N2Si/c1-49(2)42-24-9-8-23-41(42)44-45(49)43(39-21-11-17-34(29-39)31-13-4-3-5-14-31)47-46(48-44)40-22-12-20-37(30-40)35-18-10-19-36(28-35)38-26-25-32-15-6-7-16-33(32)27-38/h3-30H,1-2H3. The van der Waals surface area contributed by atoms with Crippen LogP contribution >= 0.6 is 0 Å². The highest BCUT2D eigenvalue weighted by Gasteiger charge is 2.41. The maximum absolute atomic E-state index is 5.45. The summed E-state index contributed by atoms with van der Waals surface area (Å²) in [7, 11) is -2.07. The molecular formula is C46H34N2Si. The molecule has 2 nitrogen and oxygen atoms in total. The minimum absolute atomic E-state index is 0.757. The van der Waals surface area contributed by atoms with Gasteiger partial charge in [0.1, 0.15) is 8.07 Å². The third kappa shape index (κ3) is 5.11. The normalized spacial score (nSPS) is 12.9. The Morgan fingerprint density at radius 1 is 0.367 bits per heavy atom. The van der Waals surface area contributed by atoms with Crippen LogP contribution in [-0.4, -0.2) is 18.0 Å². The Morgan fingerprint density at radius 2 is 0.878 bits per heavy atom. The number of benzene rings is 7. The Balaban J connectivity index is 1.18. The summed E-state index contributed by atoms with van der Waals surface area (Å²) in [5.41, 5.74) is 12.7. The summed E-state index contributed by atoms with van der Waals surface area (Å²) in [6, 6.07) is 61.1. The van der Waals surface area contributed by atoms with Crippen LogP contribution in [0.4, 0.5) is 0 Å². The van der Waals surface area contributed by atoms with Crippen LogP contribution in [0.25, 0.3) is 78.1 Å². The van der Waals surface area contributed by atoms with Crippen LogP contribution in [0.3, 0.4) is 0 Å². The van der Waals surface area contributed by atoms with Gasteiger partial charge in [-0.25, -0.2) is 9.97 Å². The summed E-state index contributed by atoms with van der Waals surface area (Å²) >= 11 is 0. The van der Waals surface area contributed by atoms with E-state index < -0.39 is 8.07 Å². The Hall–Kier alpha value is -5.90. The third-order valence-corrected chi connectivity index (χ3v) is 13.5. The number of aromatic nitrogens is 2. The van der Waals surface area contributed by atoms with Gasteiger partial charge in [-0.3, -0.25) is 0 Å². The molecule has 0 radical (unpaired) electrons. The molecule has 49 heavy (non-hydrogen) atoms. The molecule has 0 unspecified atom stereocenters. The Bertz CT molecular complexity index is 2530. The monoisotopic (exact) mass is 642 g/mol. The lowest BCUT2D eigenvalue weighted by Crippen LogP contribution is -2.50. The number of fused-ring (bicyclic) bond motifs is 4. The highest BCUT2D eigenvalue weighted by molar-refractivity contribution is 7.04. The van der Waals surface area contributed by atoms with Crippen LogP contribution in [-0.2, 0) is 0 Å². The average Bonchev–Trinajstić information content (AvgIpc) is 3.40. The molecule has 0 aliphatic carbocycles. The van der Waals surface area contributed by atoms with E-state index in [-0.39, 0.29) is 0 Å². The summed E-state index contributed by atoms with van der Waals surface area (Å²) in [6.45, 7) is 4.88. The average molecular weight is 643 g/mol. The minimum Gasteiger partial charge on any atom is -0.228 e. The van der Waals surface area contributed by atoms with Gasteiger partial charge in [-0.1, -0.05) is 159 Å². The van der Waals surface area contributed by atoms with E-state index in [0.717, 1.165) is 33.9 Å². The molecule has 0 fully saturated rings. The van der Waals surface area contributed by atoms with Crippen LogP contribution in [0, 0.1) is 0 Å². The number of rotatable bonds is 5. The van der Waals surface area contributed by atoms with Gasteiger partial charge in [-0.15, -0.1) is 0 Å². The molecule has 1 aromatic heterocycles. The van der Waals surface area contributed by atoms with Crippen LogP contribution in [0.1, 0.15) is 0 Å². The van der Waals surface area contributed by atoms with Crippen LogP contribution in [0.2, 0.25) is 13.1 Å². The lowest BCUT2D eigenvalue weighted by atomic mass is 9.96. The van der Waals surface area contributed by atoms with Gasteiger partial charge >= 0.3 is 0 Å². The van der Waals surface area contributed by atoms with Crippen molar-refractivity contribution in [2.45, 2.75) is 13.1 Å². The molecule has 8 aromatic rings. The summed E-state index contributed by atoms with van der Waals surface area (Å²) in [5.74, 6) is 0.757. The maximum atomic E-state index is 5.45. The molecule has 232 valence electrons. The lowest BCUT2D eigenvalue weighted by Gasteiger charge is -2.22.